The van der Waals surface area contributed by atoms with Crippen molar-refractivity contribution < 1.29 is 22.7 Å². The Labute approximate surface area is 113 Å². The average molecular weight is 341 g/mol. The quantitative estimate of drug-likeness (QED) is 0.628. The Balaban J connectivity index is 2.81. The van der Waals surface area contributed by atoms with Crippen LogP contribution in [0.2, 0.25) is 0 Å². The maximum absolute atomic E-state index is 11.8. The zero-order chi connectivity index (χ0) is 13.8. The number of carboxylic acids is 1. The molecule has 7 nitrogen and oxygen atoms in total. The fourth-order valence-corrected chi connectivity index (χ4v) is 3.20. The van der Waals surface area contributed by atoms with E-state index in [1.807, 2.05) is 0 Å². The van der Waals surface area contributed by atoms with Crippen LogP contribution in [0.3, 0.4) is 0 Å². The molecule has 0 spiro atoms. The normalized spacial score (nSPS) is 11.7. The van der Waals surface area contributed by atoms with Crippen LogP contribution in [0.1, 0.15) is 17.0 Å². The summed E-state index contributed by atoms with van der Waals surface area (Å²) in [4.78, 5) is 10.4. The van der Waals surface area contributed by atoms with E-state index in [9.17, 15) is 13.2 Å². The molecule has 0 aliphatic heterocycles. The van der Waals surface area contributed by atoms with Crippen LogP contribution in [0.4, 0.5) is 0 Å². The summed E-state index contributed by atoms with van der Waals surface area (Å²) < 4.78 is 30.7. The van der Waals surface area contributed by atoms with E-state index in [2.05, 4.69) is 26.0 Å². The van der Waals surface area contributed by atoms with Crippen molar-refractivity contribution in [3.8, 4) is 0 Å². The Bertz CT molecular complexity index is 525. The lowest BCUT2D eigenvalue weighted by molar-refractivity contribution is 0.0661. The van der Waals surface area contributed by atoms with E-state index in [-0.39, 0.29) is 16.1 Å². The molecule has 1 aromatic heterocycles. The first-order valence-corrected chi connectivity index (χ1v) is 7.33. The van der Waals surface area contributed by atoms with E-state index in [0.29, 0.717) is 13.0 Å². The van der Waals surface area contributed by atoms with Gasteiger partial charge in [-0.25, -0.2) is 17.9 Å². The molecule has 1 aromatic rings. The molecule has 102 valence electrons. The van der Waals surface area contributed by atoms with Gasteiger partial charge < -0.3 is 14.8 Å². The molecule has 0 atom stereocenters. The van der Waals surface area contributed by atoms with Gasteiger partial charge in [-0.2, -0.15) is 0 Å². The van der Waals surface area contributed by atoms with Crippen LogP contribution >= 0.6 is 15.9 Å². The molecule has 0 aromatic carbocycles. The van der Waals surface area contributed by atoms with E-state index in [1.54, 1.807) is 7.05 Å². The molecule has 0 bridgehead atoms. The molecular formula is C9H13BrN2O5S. The molecule has 0 saturated heterocycles. The van der Waals surface area contributed by atoms with Crippen molar-refractivity contribution in [3.63, 3.8) is 0 Å². The first-order chi connectivity index (χ1) is 8.38. The molecule has 0 radical (unpaired) electrons. The summed E-state index contributed by atoms with van der Waals surface area (Å²) in [5, 5.41) is 11.6. The monoisotopic (exact) mass is 340 g/mol. The highest BCUT2D eigenvalue weighted by Gasteiger charge is 2.24. The summed E-state index contributed by atoms with van der Waals surface area (Å²) in [5.74, 6) is -1.76. The summed E-state index contributed by atoms with van der Waals surface area (Å²) in [6.07, 6.45) is 0.622. The zero-order valence-electron chi connectivity index (χ0n) is 9.57. The molecule has 0 fully saturated rings. The summed E-state index contributed by atoms with van der Waals surface area (Å²) >= 11 is 2.88. The predicted octanol–water partition coefficient (Wildman–Crippen LogP) is 0.628. The Morgan fingerprint density at radius 1 is 1.50 bits per heavy atom. The van der Waals surface area contributed by atoms with Crippen molar-refractivity contribution in [2.45, 2.75) is 11.3 Å². The van der Waals surface area contributed by atoms with Gasteiger partial charge in [-0.1, -0.05) is 0 Å². The third kappa shape index (κ3) is 3.80. The van der Waals surface area contributed by atoms with E-state index in [1.165, 1.54) is 0 Å². The number of sulfonamides is 1. The number of halogens is 1. The number of rotatable bonds is 7. The standard InChI is InChI=1S/C9H13BrN2O5S/c1-11-3-2-4-12-18(15,16)7-5-6(9(13)14)17-8(7)10/h5,11-12H,2-4H2,1H3,(H,13,14). The highest BCUT2D eigenvalue weighted by atomic mass is 79.9. The number of carboxylic acid groups (broad SMARTS) is 1. The van der Waals surface area contributed by atoms with Crippen LogP contribution < -0.4 is 10.0 Å². The maximum atomic E-state index is 11.8. The fraction of sp³-hybridized carbons (Fsp3) is 0.444. The predicted molar refractivity (Wildman–Crippen MR) is 67.1 cm³/mol. The zero-order valence-corrected chi connectivity index (χ0v) is 12.0. The Hall–Kier alpha value is -0.900. The van der Waals surface area contributed by atoms with Crippen molar-refractivity contribution in [2.24, 2.45) is 0 Å². The van der Waals surface area contributed by atoms with Gasteiger partial charge in [-0.3, -0.25) is 0 Å². The first kappa shape index (κ1) is 15.2. The van der Waals surface area contributed by atoms with Crippen molar-refractivity contribution in [2.75, 3.05) is 20.1 Å². The molecule has 0 saturated carbocycles. The van der Waals surface area contributed by atoms with Gasteiger partial charge in [0.2, 0.25) is 15.8 Å². The van der Waals surface area contributed by atoms with Crippen LogP contribution in [0.15, 0.2) is 20.0 Å². The van der Waals surface area contributed by atoms with Crippen LogP contribution in [0.25, 0.3) is 0 Å². The van der Waals surface area contributed by atoms with Crippen molar-refractivity contribution >= 4 is 31.9 Å². The lowest BCUT2D eigenvalue weighted by atomic mass is 10.4. The lowest BCUT2D eigenvalue weighted by Crippen LogP contribution is -2.26. The molecule has 1 heterocycles. The number of carbonyl (C=O) groups is 1. The number of nitrogens with one attached hydrogen (secondary N) is 2. The Kier molecular flexibility index (Phi) is 5.32. The minimum Gasteiger partial charge on any atom is -0.475 e. The third-order valence-electron chi connectivity index (χ3n) is 2.05. The number of hydrogen-bond donors (Lipinski definition) is 3. The van der Waals surface area contributed by atoms with Gasteiger partial charge in [0.15, 0.2) is 4.67 Å². The van der Waals surface area contributed by atoms with E-state index in [4.69, 9.17) is 9.52 Å². The summed E-state index contributed by atoms with van der Waals surface area (Å²) in [6.45, 7) is 0.929. The molecule has 0 unspecified atom stereocenters. The molecular weight excluding hydrogens is 328 g/mol. The maximum Gasteiger partial charge on any atom is 0.371 e. The van der Waals surface area contributed by atoms with Crippen molar-refractivity contribution in [1.29, 1.82) is 0 Å². The smallest absolute Gasteiger partial charge is 0.371 e. The van der Waals surface area contributed by atoms with E-state index < -0.39 is 21.8 Å². The van der Waals surface area contributed by atoms with Crippen LogP contribution in [0.5, 0.6) is 0 Å². The van der Waals surface area contributed by atoms with E-state index in [0.717, 1.165) is 6.07 Å². The number of aromatic carboxylic acids is 1. The SMILES string of the molecule is CNCCCNS(=O)(=O)c1cc(C(=O)O)oc1Br. The lowest BCUT2D eigenvalue weighted by Gasteiger charge is -2.04. The Morgan fingerprint density at radius 3 is 2.67 bits per heavy atom. The molecule has 0 amide bonds. The van der Waals surface area contributed by atoms with Crippen LogP contribution in [0, 0.1) is 0 Å². The fourth-order valence-electron chi connectivity index (χ4n) is 1.19. The molecule has 3 N–H and O–H groups in total. The van der Waals surface area contributed by atoms with Gasteiger partial charge in [0.1, 0.15) is 4.90 Å². The van der Waals surface area contributed by atoms with Gasteiger partial charge in [-0.05, 0) is 35.9 Å². The van der Waals surface area contributed by atoms with Gasteiger partial charge in [-0.15, -0.1) is 0 Å². The number of furan rings is 1. The van der Waals surface area contributed by atoms with E-state index >= 15 is 0 Å². The second kappa shape index (κ2) is 6.32. The van der Waals surface area contributed by atoms with Gasteiger partial charge in [0.25, 0.3) is 0 Å². The number of hydrogen-bond acceptors (Lipinski definition) is 5. The molecule has 0 aliphatic carbocycles. The van der Waals surface area contributed by atoms with Gasteiger partial charge in [0.05, 0.1) is 0 Å². The van der Waals surface area contributed by atoms with Gasteiger partial charge >= 0.3 is 5.97 Å². The topological polar surface area (TPSA) is 109 Å². The second-order valence-electron chi connectivity index (χ2n) is 3.41. The molecule has 0 aliphatic rings. The van der Waals surface area contributed by atoms with Crippen molar-refractivity contribution in [1.82, 2.24) is 10.0 Å². The summed E-state index contributed by atoms with van der Waals surface area (Å²) in [7, 11) is -2.00. The summed E-state index contributed by atoms with van der Waals surface area (Å²) in [5.41, 5.74) is 0. The van der Waals surface area contributed by atoms with Crippen LogP contribution in [-0.4, -0.2) is 39.6 Å². The second-order valence-corrected chi connectivity index (χ2v) is 5.86. The van der Waals surface area contributed by atoms with Crippen molar-refractivity contribution in [3.05, 3.63) is 16.5 Å². The minimum absolute atomic E-state index is 0.124. The van der Waals surface area contributed by atoms with Gasteiger partial charge in [0, 0.05) is 12.6 Å². The minimum atomic E-state index is -3.77. The summed E-state index contributed by atoms with van der Waals surface area (Å²) in [6, 6.07) is 0.965. The molecule has 1 rings (SSSR count). The largest absolute Gasteiger partial charge is 0.475 e. The van der Waals surface area contributed by atoms with Crippen LogP contribution in [-0.2, 0) is 10.0 Å². The highest BCUT2D eigenvalue weighted by molar-refractivity contribution is 9.10. The average Bonchev–Trinajstić information content (AvgIpc) is 2.68. The first-order valence-electron chi connectivity index (χ1n) is 5.05. The Morgan fingerprint density at radius 2 is 2.17 bits per heavy atom. The molecule has 9 heteroatoms. The third-order valence-corrected chi connectivity index (χ3v) is 4.37. The molecule has 18 heavy (non-hydrogen) atoms. The highest BCUT2D eigenvalue weighted by Crippen LogP contribution is 2.25.